The van der Waals surface area contributed by atoms with Gasteiger partial charge in [-0.05, 0) is 52.1 Å². The van der Waals surface area contributed by atoms with Gasteiger partial charge in [0.05, 0.1) is 5.69 Å². The first kappa shape index (κ1) is 26.1. The number of ether oxygens (including phenoxy) is 1. The maximum Gasteiger partial charge on any atom is 0.129 e. The van der Waals surface area contributed by atoms with Crippen molar-refractivity contribution in [1.29, 1.82) is 0 Å². The van der Waals surface area contributed by atoms with E-state index in [1.165, 1.54) is 22.3 Å². The molecule has 3 aromatic carbocycles. The molecule has 0 radical (unpaired) electrons. The number of nitrogens with zero attached hydrogens (tertiary/aromatic N) is 1. The van der Waals surface area contributed by atoms with Crippen LogP contribution >= 0.6 is 11.3 Å². The Morgan fingerprint density at radius 1 is 0.861 bits per heavy atom. The standard InChI is InChI=1S/C32H38N2OS/c1-23(2)17-24-11-13-26(14-12-24)21-35-30-16-15-27(32(3,4)5)18-28(30)29-22-36-31(34-29)20-33-19-25-9-7-6-8-10-25/h6-16,18,22-23,33H,17,19-21H2,1-5H3. The average Bonchev–Trinajstić information content (AvgIpc) is 3.32. The first-order chi connectivity index (χ1) is 17.3. The molecule has 0 bridgehead atoms. The van der Waals surface area contributed by atoms with Gasteiger partial charge in [0, 0.05) is 24.0 Å². The van der Waals surface area contributed by atoms with Crippen molar-refractivity contribution in [2.45, 2.75) is 66.2 Å². The molecule has 0 fully saturated rings. The van der Waals surface area contributed by atoms with E-state index >= 15 is 0 Å². The molecule has 188 valence electrons. The predicted octanol–water partition coefficient (Wildman–Crippen LogP) is 8.17. The van der Waals surface area contributed by atoms with Crippen LogP contribution in [0.5, 0.6) is 5.75 Å². The molecule has 1 aromatic heterocycles. The molecule has 4 heteroatoms. The second-order valence-corrected chi connectivity index (χ2v) is 11.8. The van der Waals surface area contributed by atoms with Crippen LogP contribution in [0, 0.1) is 5.92 Å². The van der Waals surface area contributed by atoms with E-state index < -0.39 is 0 Å². The van der Waals surface area contributed by atoms with Crippen molar-refractivity contribution in [3.05, 3.63) is 105 Å². The molecule has 0 unspecified atom stereocenters. The Hall–Kier alpha value is -2.95. The smallest absolute Gasteiger partial charge is 0.129 e. The summed E-state index contributed by atoms with van der Waals surface area (Å²) in [7, 11) is 0. The monoisotopic (exact) mass is 498 g/mol. The van der Waals surface area contributed by atoms with Gasteiger partial charge in [-0.25, -0.2) is 4.98 Å². The minimum Gasteiger partial charge on any atom is -0.488 e. The molecule has 0 aliphatic rings. The van der Waals surface area contributed by atoms with Crippen LogP contribution in [0.15, 0.2) is 78.2 Å². The van der Waals surface area contributed by atoms with Crippen LogP contribution < -0.4 is 10.1 Å². The Labute approximate surface area is 220 Å². The number of hydrogen-bond donors (Lipinski definition) is 1. The summed E-state index contributed by atoms with van der Waals surface area (Å²) in [6.07, 6.45) is 1.10. The number of hydrogen-bond acceptors (Lipinski definition) is 4. The van der Waals surface area contributed by atoms with Crippen LogP contribution in [0.1, 0.15) is 61.9 Å². The van der Waals surface area contributed by atoms with E-state index in [1.54, 1.807) is 11.3 Å². The fourth-order valence-electron chi connectivity index (χ4n) is 4.15. The quantitative estimate of drug-likeness (QED) is 0.239. The van der Waals surface area contributed by atoms with E-state index in [1.807, 2.05) is 6.07 Å². The third-order valence-corrected chi connectivity index (χ3v) is 7.03. The molecule has 0 saturated carbocycles. The normalized spacial score (nSPS) is 11.7. The summed E-state index contributed by atoms with van der Waals surface area (Å²) in [5.41, 5.74) is 7.20. The number of nitrogens with one attached hydrogen (secondary N) is 1. The Bertz CT molecular complexity index is 1240. The van der Waals surface area contributed by atoms with Gasteiger partial charge in [-0.1, -0.05) is 95.3 Å². The number of thiazole rings is 1. The Morgan fingerprint density at radius 2 is 1.58 bits per heavy atom. The Balaban J connectivity index is 1.49. The van der Waals surface area contributed by atoms with Gasteiger partial charge >= 0.3 is 0 Å². The zero-order valence-corrected chi connectivity index (χ0v) is 23.0. The molecule has 4 aromatic rings. The summed E-state index contributed by atoms with van der Waals surface area (Å²) in [6, 6.07) is 25.8. The van der Waals surface area contributed by atoms with E-state index in [-0.39, 0.29) is 5.41 Å². The highest BCUT2D eigenvalue weighted by Crippen LogP contribution is 2.36. The molecule has 4 rings (SSSR count). The minimum absolute atomic E-state index is 0.0512. The van der Waals surface area contributed by atoms with Crippen molar-refractivity contribution in [2.24, 2.45) is 5.92 Å². The zero-order chi connectivity index (χ0) is 25.5. The summed E-state index contributed by atoms with van der Waals surface area (Å²) in [5, 5.41) is 6.74. The lowest BCUT2D eigenvalue weighted by atomic mass is 9.86. The summed E-state index contributed by atoms with van der Waals surface area (Å²) in [6.45, 7) is 13.4. The molecular formula is C32H38N2OS. The van der Waals surface area contributed by atoms with Gasteiger partial charge in [-0.2, -0.15) is 0 Å². The Kier molecular flexibility index (Phi) is 8.60. The van der Waals surface area contributed by atoms with Gasteiger partial charge in [0.15, 0.2) is 0 Å². The molecule has 0 amide bonds. The van der Waals surface area contributed by atoms with Crippen molar-refractivity contribution >= 4 is 11.3 Å². The molecule has 0 spiro atoms. The zero-order valence-electron chi connectivity index (χ0n) is 22.2. The number of benzene rings is 3. The lowest BCUT2D eigenvalue weighted by Gasteiger charge is -2.21. The van der Waals surface area contributed by atoms with Gasteiger partial charge in [-0.15, -0.1) is 11.3 Å². The van der Waals surface area contributed by atoms with Crippen LogP contribution in [0.4, 0.5) is 0 Å². The van der Waals surface area contributed by atoms with Crippen LogP contribution in [-0.4, -0.2) is 4.98 Å². The maximum atomic E-state index is 6.36. The van der Waals surface area contributed by atoms with Crippen LogP contribution in [0.25, 0.3) is 11.3 Å². The van der Waals surface area contributed by atoms with Crippen molar-refractivity contribution in [2.75, 3.05) is 0 Å². The van der Waals surface area contributed by atoms with Gasteiger partial charge in [0.25, 0.3) is 0 Å². The van der Waals surface area contributed by atoms with Crippen molar-refractivity contribution in [3.8, 4) is 17.0 Å². The van der Waals surface area contributed by atoms with Crippen LogP contribution in [-0.2, 0) is 31.5 Å². The van der Waals surface area contributed by atoms with E-state index in [9.17, 15) is 0 Å². The second kappa shape index (κ2) is 11.9. The molecule has 1 N–H and O–H groups in total. The SMILES string of the molecule is CC(C)Cc1ccc(COc2ccc(C(C)(C)C)cc2-c2csc(CNCc3ccccc3)n2)cc1. The summed E-state index contributed by atoms with van der Waals surface area (Å²) in [4.78, 5) is 4.97. The lowest BCUT2D eigenvalue weighted by Crippen LogP contribution is -2.12. The number of aromatic nitrogens is 1. The third-order valence-electron chi connectivity index (χ3n) is 6.18. The topological polar surface area (TPSA) is 34.1 Å². The van der Waals surface area contributed by atoms with Crippen molar-refractivity contribution in [3.63, 3.8) is 0 Å². The first-order valence-electron chi connectivity index (χ1n) is 12.8. The van der Waals surface area contributed by atoms with Gasteiger partial charge < -0.3 is 10.1 Å². The fourth-order valence-corrected chi connectivity index (χ4v) is 4.92. The highest BCUT2D eigenvalue weighted by atomic mass is 32.1. The van der Waals surface area contributed by atoms with Gasteiger partial charge in [0.1, 0.15) is 17.4 Å². The Morgan fingerprint density at radius 3 is 2.28 bits per heavy atom. The summed E-state index contributed by atoms with van der Waals surface area (Å²) >= 11 is 1.69. The summed E-state index contributed by atoms with van der Waals surface area (Å²) < 4.78 is 6.36. The molecule has 0 atom stereocenters. The van der Waals surface area contributed by atoms with Crippen LogP contribution in [0.2, 0.25) is 0 Å². The molecule has 36 heavy (non-hydrogen) atoms. The van der Waals surface area contributed by atoms with Gasteiger partial charge in [-0.3, -0.25) is 0 Å². The van der Waals surface area contributed by atoms with E-state index in [4.69, 9.17) is 9.72 Å². The molecule has 1 heterocycles. The third kappa shape index (κ3) is 7.28. The summed E-state index contributed by atoms with van der Waals surface area (Å²) in [5.74, 6) is 1.54. The predicted molar refractivity (Wildman–Crippen MR) is 153 cm³/mol. The highest BCUT2D eigenvalue weighted by molar-refractivity contribution is 7.09. The molecule has 3 nitrogen and oxygen atoms in total. The first-order valence-corrected chi connectivity index (χ1v) is 13.7. The van der Waals surface area contributed by atoms with E-state index in [2.05, 4.69) is 112 Å². The molecule has 0 saturated heterocycles. The van der Waals surface area contributed by atoms with Crippen LogP contribution in [0.3, 0.4) is 0 Å². The molecule has 0 aliphatic heterocycles. The van der Waals surface area contributed by atoms with Crippen molar-refractivity contribution in [1.82, 2.24) is 10.3 Å². The largest absolute Gasteiger partial charge is 0.488 e. The van der Waals surface area contributed by atoms with E-state index in [0.717, 1.165) is 41.5 Å². The maximum absolute atomic E-state index is 6.36. The van der Waals surface area contributed by atoms with Crippen molar-refractivity contribution < 1.29 is 4.74 Å². The lowest BCUT2D eigenvalue weighted by molar-refractivity contribution is 0.307. The molecule has 0 aliphatic carbocycles. The second-order valence-electron chi connectivity index (χ2n) is 10.9. The molecular weight excluding hydrogens is 460 g/mol. The fraction of sp³-hybridized carbons (Fsp3) is 0.344. The van der Waals surface area contributed by atoms with Gasteiger partial charge in [0.2, 0.25) is 0 Å². The highest BCUT2D eigenvalue weighted by Gasteiger charge is 2.18. The average molecular weight is 499 g/mol. The number of rotatable bonds is 10. The van der Waals surface area contributed by atoms with E-state index in [0.29, 0.717) is 12.5 Å². The minimum atomic E-state index is 0.0512.